The quantitative estimate of drug-likeness (QED) is 0.913. The van der Waals surface area contributed by atoms with E-state index in [1.807, 2.05) is 31.2 Å². The normalized spacial score (nSPS) is 20.6. The molecule has 0 amide bonds. The largest absolute Gasteiger partial charge is 0.481 e. The Labute approximate surface area is 128 Å². The molecule has 1 fully saturated rings. The number of benzene rings is 1. The Hall–Kier alpha value is -0.910. The van der Waals surface area contributed by atoms with E-state index < -0.39 is 11.5 Å². The summed E-state index contributed by atoms with van der Waals surface area (Å²) in [4.78, 5) is 15.9. The van der Waals surface area contributed by atoms with Crippen molar-refractivity contribution in [3.05, 3.63) is 34.3 Å². The Morgan fingerprint density at radius 2 is 1.80 bits per heavy atom. The molecule has 5 heteroatoms. The minimum Gasteiger partial charge on any atom is -0.481 e. The molecule has 1 heterocycles. The van der Waals surface area contributed by atoms with Gasteiger partial charge in [-0.15, -0.1) is 0 Å². The zero-order chi connectivity index (χ0) is 14.8. The number of carboxylic acid groups (broad SMARTS) is 1. The fourth-order valence-electron chi connectivity index (χ4n) is 2.80. The lowest BCUT2D eigenvalue weighted by atomic mass is 9.86. The van der Waals surface area contributed by atoms with Crippen molar-refractivity contribution in [2.75, 3.05) is 33.2 Å². The lowest BCUT2D eigenvalue weighted by Crippen LogP contribution is -2.54. The predicted molar refractivity (Wildman–Crippen MR) is 82.8 cm³/mol. The maximum atomic E-state index is 11.3. The van der Waals surface area contributed by atoms with Gasteiger partial charge in [0.25, 0.3) is 0 Å². The van der Waals surface area contributed by atoms with Gasteiger partial charge in [0.2, 0.25) is 0 Å². The first-order valence-corrected chi connectivity index (χ1v) is 7.62. The Balaban J connectivity index is 2.29. The maximum Gasteiger partial charge on any atom is 0.305 e. The van der Waals surface area contributed by atoms with Crippen molar-refractivity contribution in [3.63, 3.8) is 0 Å². The Bertz CT molecular complexity index is 469. The smallest absolute Gasteiger partial charge is 0.305 e. The van der Waals surface area contributed by atoms with Crippen LogP contribution in [0.15, 0.2) is 28.7 Å². The number of carbonyl (C=O) groups is 1. The number of rotatable bonds is 4. The molecule has 1 atom stereocenters. The maximum absolute atomic E-state index is 11.3. The monoisotopic (exact) mass is 340 g/mol. The van der Waals surface area contributed by atoms with Gasteiger partial charge in [0.05, 0.1) is 12.0 Å². The number of aliphatic carboxylic acids is 1. The molecule has 1 aromatic carbocycles. The van der Waals surface area contributed by atoms with E-state index in [0.29, 0.717) is 0 Å². The molecular formula is C15H21BrN2O2. The number of carboxylic acids is 1. The van der Waals surface area contributed by atoms with E-state index in [1.54, 1.807) is 0 Å². The highest BCUT2D eigenvalue weighted by molar-refractivity contribution is 9.10. The van der Waals surface area contributed by atoms with E-state index >= 15 is 0 Å². The van der Waals surface area contributed by atoms with Gasteiger partial charge in [0.1, 0.15) is 0 Å². The van der Waals surface area contributed by atoms with Gasteiger partial charge >= 0.3 is 5.97 Å². The summed E-state index contributed by atoms with van der Waals surface area (Å²) in [6, 6.07) is 7.99. The Morgan fingerprint density at radius 3 is 2.30 bits per heavy atom. The van der Waals surface area contributed by atoms with E-state index in [0.717, 1.165) is 36.2 Å². The van der Waals surface area contributed by atoms with Crippen molar-refractivity contribution in [2.24, 2.45) is 0 Å². The van der Waals surface area contributed by atoms with Crippen LogP contribution in [-0.2, 0) is 10.3 Å². The SMILES string of the molecule is CN1CCN(C(C)(CC(=O)O)c2ccc(Br)cc2)CC1. The molecule has 1 N–H and O–H groups in total. The first kappa shape index (κ1) is 15.5. The van der Waals surface area contributed by atoms with Crippen LogP contribution in [0.2, 0.25) is 0 Å². The summed E-state index contributed by atoms with van der Waals surface area (Å²) in [6.07, 6.45) is 0.123. The van der Waals surface area contributed by atoms with Gasteiger partial charge in [0, 0.05) is 30.7 Å². The molecule has 0 saturated carbocycles. The molecule has 2 rings (SSSR count). The first-order valence-electron chi connectivity index (χ1n) is 6.83. The number of halogens is 1. The summed E-state index contributed by atoms with van der Waals surface area (Å²) in [7, 11) is 2.10. The van der Waals surface area contributed by atoms with Crippen LogP contribution in [0.4, 0.5) is 0 Å². The molecule has 0 spiro atoms. The highest BCUT2D eigenvalue weighted by atomic mass is 79.9. The molecule has 0 aromatic heterocycles. The predicted octanol–water partition coefficient (Wildman–Crippen LogP) is 2.39. The van der Waals surface area contributed by atoms with Crippen molar-refractivity contribution in [3.8, 4) is 0 Å². The third-order valence-corrected chi connectivity index (χ3v) is 4.69. The topological polar surface area (TPSA) is 43.8 Å². The van der Waals surface area contributed by atoms with Crippen LogP contribution in [0.1, 0.15) is 18.9 Å². The standard InChI is InChI=1S/C15H21BrN2O2/c1-15(11-14(19)20,12-3-5-13(16)6-4-12)18-9-7-17(2)8-10-18/h3-6H,7-11H2,1-2H3,(H,19,20). The molecule has 1 aliphatic heterocycles. The second kappa shape index (κ2) is 6.24. The molecule has 1 aliphatic rings. The number of piperazine rings is 1. The number of likely N-dealkylation sites (N-methyl/N-ethyl adjacent to an activating group) is 1. The van der Waals surface area contributed by atoms with Crippen molar-refractivity contribution >= 4 is 21.9 Å². The fourth-order valence-corrected chi connectivity index (χ4v) is 3.06. The average Bonchev–Trinajstić information content (AvgIpc) is 2.39. The molecule has 0 radical (unpaired) electrons. The van der Waals surface area contributed by atoms with Gasteiger partial charge in [-0.25, -0.2) is 0 Å². The lowest BCUT2D eigenvalue weighted by Gasteiger charge is -2.45. The Kier molecular flexibility index (Phi) is 4.83. The minimum atomic E-state index is -0.755. The molecular weight excluding hydrogens is 320 g/mol. The van der Waals surface area contributed by atoms with E-state index in [-0.39, 0.29) is 6.42 Å². The summed E-state index contributed by atoms with van der Waals surface area (Å²) >= 11 is 3.43. The first-order chi connectivity index (χ1) is 9.41. The highest BCUT2D eigenvalue weighted by Gasteiger charge is 2.37. The van der Waals surface area contributed by atoms with Crippen LogP contribution in [-0.4, -0.2) is 54.1 Å². The van der Waals surface area contributed by atoms with Crippen LogP contribution < -0.4 is 0 Å². The number of nitrogens with zero attached hydrogens (tertiary/aromatic N) is 2. The van der Waals surface area contributed by atoms with Gasteiger partial charge in [-0.3, -0.25) is 9.69 Å². The van der Waals surface area contributed by atoms with E-state index in [2.05, 4.69) is 32.8 Å². The number of hydrogen-bond donors (Lipinski definition) is 1. The molecule has 110 valence electrons. The average molecular weight is 341 g/mol. The van der Waals surface area contributed by atoms with Gasteiger partial charge in [-0.05, 0) is 31.7 Å². The van der Waals surface area contributed by atoms with Gasteiger partial charge in [-0.2, -0.15) is 0 Å². The number of hydrogen-bond acceptors (Lipinski definition) is 3. The zero-order valence-corrected chi connectivity index (χ0v) is 13.6. The summed E-state index contributed by atoms with van der Waals surface area (Å²) in [5, 5.41) is 9.30. The van der Waals surface area contributed by atoms with Gasteiger partial charge < -0.3 is 10.0 Å². The van der Waals surface area contributed by atoms with Crippen LogP contribution in [0, 0.1) is 0 Å². The summed E-state index contributed by atoms with van der Waals surface area (Å²) in [6.45, 7) is 5.79. The summed E-state index contributed by atoms with van der Waals surface area (Å²) in [5.41, 5.74) is 0.612. The van der Waals surface area contributed by atoms with Crippen LogP contribution in [0.3, 0.4) is 0 Å². The van der Waals surface area contributed by atoms with Gasteiger partial charge in [0.15, 0.2) is 0 Å². The lowest BCUT2D eigenvalue weighted by molar-refractivity contribution is -0.140. The fraction of sp³-hybridized carbons (Fsp3) is 0.533. The van der Waals surface area contributed by atoms with Crippen molar-refractivity contribution < 1.29 is 9.90 Å². The highest BCUT2D eigenvalue weighted by Crippen LogP contribution is 2.33. The second-order valence-electron chi connectivity index (χ2n) is 5.64. The van der Waals surface area contributed by atoms with Crippen LogP contribution >= 0.6 is 15.9 Å². The zero-order valence-electron chi connectivity index (χ0n) is 12.0. The molecule has 4 nitrogen and oxygen atoms in total. The van der Waals surface area contributed by atoms with Crippen molar-refractivity contribution in [2.45, 2.75) is 18.9 Å². The molecule has 1 unspecified atom stereocenters. The van der Waals surface area contributed by atoms with E-state index in [4.69, 9.17) is 0 Å². The van der Waals surface area contributed by atoms with E-state index in [1.165, 1.54) is 0 Å². The summed E-state index contributed by atoms with van der Waals surface area (Å²) in [5.74, 6) is -0.755. The second-order valence-corrected chi connectivity index (χ2v) is 6.56. The van der Waals surface area contributed by atoms with Crippen LogP contribution in [0.25, 0.3) is 0 Å². The van der Waals surface area contributed by atoms with Crippen LogP contribution in [0.5, 0.6) is 0 Å². The van der Waals surface area contributed by atoms with Crippen molar-refractivity contribution in [1.29, 1.82) is 0 Å². The molecule has 0 aliphatic carbocycles. The van der Waals surface area contributed by atoms with E-state index in [9.17, 15) is 9.90 Å². The molecule has 1 saturated heterocycles. The molecule has 1 aromatic rings. The molecule has 20 heavy (non-hydrogen) atoms. The van der Waals surface area contributed by atoms with Gasteiger partial charge in [-0.1, -0.05) is 28.1 Å². The third kappa shape index (κ3) is 3.40. The summed E-state index contributed by atoms with van der Waals surface area (Å²) < 4.78 is 1.01. The van der Waals surface area contributed by atoms with Crippen molar-refractivity contribution in [1.82, 2.24) is 9.80 Å². The molecule has 0 bridgehead atoms. The Morgan fingerprint density at radius 1 is 1.25 bits per heavy atom. The minimum absolute atomic E-state index is 0.123. The third-order valence-electron chi connectivity index (χ3n) is 4.16.